The number of rotatable bonds is 5. The van der Waals surface area contributed by atoms with Crippen LogP contribution in [0.15, 0.2) is 30.6 Å². The maximum atomic E-state index is 12.6. The highest BCUT2D eigenvalue weighted by Crippen LogP contribution is 2.29. The van der Waals surface area contributed by atoms with Gasteiger partial charge in [-0.25, -0.2) is 15.0 Å². The minimum atomic E-state index is 0.0103. The topological polar surface area (TPSA) is 88.8 Å². The van der Waals surface area contributed by atoms with Gasteiger partial charge < -0.3 is 10.2 Å². The lowest BCUT2D eigenvalue weighted by Crippen LogP contribution is -2.26. The maximum absolute atomic E-state index is 12.6. The van der Waals surface area contributed by atoms with Crippen molar-refractivity contribution in [3.8, 4) is 0 Å². The average molecular weight is 410 g/mol. The van der Waals surface area contributed by atoms with E-state index in [1.807, 2.05) is 44.1 Å². The summed E-state index contributed by atoms with van der Waals surface area (Å²) in [5, 5.41) is 8.18. The van der Waals surface area contributed by atoms with Gasteiger partial charge in [-0.15, -0.1) is 11.3 Å². The van der Waals surface area contributed by atoms with Gasteiger partial charge in [0, 0.05) is 55.5 Å². The van der Waals surface area contributed by atoms with Crippen LogP contribution in [-0.2, 0) is 11.8 Å². The van der Waals surface area contributed by atoms with Crippen molar-refractivity contribution in [1.82, 2.24) is 29.6 Å². The summed E-state index contributed by atoms with van der Waals surface area (Å²) >= 11 is 1.59. The molecule has 1 amide bonds. The molecule has 0 saturated carbocycles. The molecular formula is C20H23N7OS. The van der Waals surface area contributed by atoms with Gasteiger partial charge in [0.25, 0.3) is 0 Å². The van der Waals surface area contributed by atoms with E-state index in [1.54, 1.807) is 34.4 Å². The molecule has 0 unspecified atom stereocenters. The number of hydrogen-bond donors (Lipinski definition) is 1. The molecule has 1 aliphatic rings. The number of aryl methyl sites for hydroxylation is 3. The summed E-state index contributed by atoms with van der Waals surface area (Å²) in [7, 11) is 1.85. The lowest BCUT2D eigenvalue weighted by atomic mass is 10.0. The standard InChI is InChI=1S/C20H23N7OS/c1-13-11-21-20(29-13)25-18-10-17(23-14(2)24-18)15-7-9-27(12-15)19(28)5-4-16-6-8-22-26(16)3/h4-6,8,10-11,15H,7,9,12H2,1-3H3,(H,21,23,24,25)/b5-4+/t15-/m1/s1. The summed E-state index contributed by atoms with van der Waals surface area (Å²) in [6.07, 6.45) is 7.85. The first-order valence-corrected chi connectivity index (χ1v) is 10.3. The fourth-order valence-corrected chi connectivity index (χ4v) is 4.07. The molecule has 1 atom stereocenters. The van der Waals surface area contributed by atoms with Crippen LogP contribution in [0.3, 0.4) is 0 Å². The molecule has 3 aromatic heterocycles. The zero-order valence-electron chi connectivity index (χ0n) is 16.7. The highest BCUT2D eigenvalue weighted by molar-refractivity contribution is 7.15. The predicted octanol–water partition coefficient (Wildman–Crippen LogP) is 3.06. The van der Waals surface area contributed by atoms with Crippen molar-refractivity contribution in [2.24, 2.45) is 7.05 Å². The molecule has 1 fully saturated rings. The third-order valence-electron chi connectivity index (χ3n) is 4.89. The van der Waals surface area contributed by atoms with E-state index in [0.717, 1.165) is 40.2 Å². The van der Waals surface area contributed by atoms with E-state index in [-0.39, 0.29) is 11.8 Å². The molecule has 0 bridgehead atoms. The zero-order chi connectivity index (χ0) is 20.4. The molecule has 9 heteroatoms. The number of amides is 1. The van der Waals surface area contributed by atoms with Crippen LogP contribution in [0.25, 0.3) is 6.08 Å². The molecular weight excluding hydrogens is 386 g/mol. The number of nitrogens with one attached hydrogen (secondary N) is 1. The Morgan fingerprint density at radius 1 is 1.34 bits per heavy atom. The molecule has 1 aliphatic heterocycles. The second kappa shape index (κ2) is 8.12. The van der Waals surface area contributed by atoms with Crippen molar-refractivity contribution in [3.05, 3.63) is 52.7 Å². The second-order valence-electron chi connectivity index (χ2n) is 7.11. The van der Waals surface area contributed by atoms with Crippen molar-refractivity contribution < 1.29 is 4.79 Å². The number of carbonyl (C=O) groups excluding carboxylic acids is 1. The zero-order valence-corrected chi connectivity index (χ0v) is 17.5. The third kappa shape index (κ3) is 4.51. The first-order chi connectivity index (χ1) is 14.0. The molecule has 0 aliphatic carbocycles. The van der Waals surface area contributed by atoms with Gasteiger partial charge in [-0.1, -0.05) is 0 Å². The van der Waals surface area contributed by atoms with Gasteiger partial charge in [0.1, 0.15) is 11.6 Å². The summed E-state index contributed by atoms with van der Waals surface area (Å²) < 4.78 is 1.73. The SMILES string of the molecule is Cc1nc(Nc2ncc(C)s2)cc([C@@H]2CCN(C(=O)/C=C/c3ccnn3C)C2)n1. The Bertz CT molecular complexity index is 1050. The van der Waals surface area contributed by atoms with Crippen LogP contribution >= 0.6 is 11.3 Å². The number of carbonyl (C=O) groups is 1. The highest BCUT2D eigenvalue weighted by atomic mass is 32.1. The van der Waals surface area contributed by atoms with Gasteiger partial charge in [-0.05, 0) is 32.4 Å². The monoisotopic (exact) mass is 409 g/mol. The average Bonchev–Trinajstić information content (AvgIpc) is 3.41. The Hall–Kier alpha value is -3.07. The van der Waals surface area contributed by atoms with Crippen LogP contribution in [0, 0.1) is 13.8 Å². The Labute approximate surface area is 173 Å². The van der Waals surface area contributed by atoms with Gasteiger partial charge in [0.15, 0.2) is 5.13 Å². The van der Waals surface area contributed by atoms with E-state index < -0.39 is 0 Å². The fraction of sp³-hybridized carbons (Fsp3) is 0.350. The molecule has 1 N–H and O–H groups in total. The molecule has 0 aromatic carbocycles. The fourth-order valence-electron chi connectivity index (χ4n) is 3.40. The van der Waals surface area contributed by atoms with Crippen LogP contribution in [0.5, 0.6) is 0 Å². The largest absolute Gasteiger partial charge is 0.338 e. The van der Waals surface area contributed by atoms with Gasteiger partial charge in [-0.2, -0.15) is 5.10 Å². The van der Waals surface area contributed by atoms with Gasteiger partial charge >= 0.3 is 0 Å². The van der Waals surface area contributed by atoms with E-state index >= 15 is 0 Å². The number of nitrogens with zero attached hydrogens (tertiary/aromatic N) is 6. The minimum Gasteiger partial charge on any atom is -0.338 e. The molecule has 4 heterocycles. The Kier molecular flexibility index (Phi) is 5.39. The van der Waals surface area contributed by atoms with E-state index in [2.05, 4.69) is 25.4 Å². The minimum absolute atomic E-state index is 0.0103. The summed E-state index contributed by atoms with van der Waals surface area (Å²) in [6, 6.07) is 3.84. The Morgan fingerprint density at radius 2 is 2.21 bits per heavy atom. The van der Waals surface area contributed by atoms with Gasteiger partial charge in [-0.3, -0.25) is 9.48 Å². The molecule has 4 rings (SSSR count). The van der Waals surface area contributed by atoms with Crippen molar-refractivity contribution in [3.63, 3.8) is 0 Å². The normalized spacial score (nSPS) is 16.7. The molecule has 1 saturated heterocycles. The Morgan fingerprint density at radius 3 is 2.93 bits per heavy atom. The van der Waals surface area contributed by atoms with Crippen LogP contribution in [0.1, 0.15) is 34.4 Å². The summed E-state index contributed by atoms with van der Waals surface area (Å²) in [5.74, 6) is 1.65. The Balaban J connectivity index is 1.43. The predicted molar refractivity (Wildman–Crippen MR) is 113 cm³/mol. The van der Waals surface area contributed by atoms with E-state index in [0.29, 0.717) is 12.4 Å². The molecule has 0 spiro atoms. The molecule has 150 valence electrons. The quantitative estimate of drug-likeness (QED) is 0.652. The summed E-state index contributed by atoms with van der Waals surface area (Å²) in [5.41, 5.74) is 1.85. The van der Waals surface area contributed by atoms with E-state index in [9.17, 15) is 4.79 Å². The van der Waals surface area contributed by atoms with Crippen LogP contribution in [-0.4, -0.2) is 48.6 Å². The van der Waals surface area contributed by atoms with Crippen LogP contribution < -0.4 is 5.32 Å². The molecule has 3 aromatic rings. The first kappa shape index (κ1) is 19.3. The maximum Gasteiger partial charge on any atom is 0.246 e. The number of hydrogen-bond acceptors (Lipinski definition) is 7. The van der Waals surface area contributed by atoms with Crippen molar-refractivity contribution >= 4 is 34.3 Å². The second-order valence-corrected chi connectivity index (χ2v) is 8.34. The van der Waals surface area contributed by atoms with Crippen molar-refractivity contribution in [2.45, 2.75) is 26.2 Å². The number of aromatic nitrogens is 5. The molecule has 29 heavy (non-hydrogen) atoms. The molecule has 8 nitrogen and oxygen atoms in total. The first-order valence-electron chi connectivity index (χ1n) is 9.48. The number of likely N-dealkylation sites (tertiary alicyclic amines) is 1. The summed E-state index contributed by atoms with van der Waals surface area (Å²) in [4.78, 5) is 29.0. The number of anilines is 2. The van der Waals surface area contributed by atoms with Gasteiger partial charge in [0.2, 0.25) is 5.91 Å². The van der Waals surface area contributed by atoms with Gasteiger partial charge in [0.05, 0.1) is 11.4 Å². The number of thiazole rings is 1. The third-order valence-corrected chi connectivity index (χ3v) is 5.72. The van der Waals surface area contributed by atoms with Crippen LogP contribution in [0.4, 0.5) is 10.9 Å². The lowest BCUT2D eigenvalue weighted by molar-refractivity contribution is -0.124. The summed E-state index contributed by atoms with van der Waals surface area (Å²) in [6.45, 7) is 5.28. The van der Waals surface area contributed by atoms with Crippen LogP contribution in [0.2, 0.25) is 0 Å². The van der Waals surface area contributed by atoms with Crippen molar-refractivity contribution in [1.29, 1.82) is 0 Å². The molecule has 0 radical (unpaired) electrons. The smallest absolute Gasteiger partial charge is 0.246 e. The van der Waals surface area contributed by atoms with E-state index in [4.69, 9.17) is 0 Å². The van der Waals surface area contributed by atoms with E-state index in [1.165, 1.54) is 0 Å². The lowest BCUT2D eigenvalue weighted by Gasteiger charge is -2.15. The highest BCUT2D eigenvalue weighted by Gasteiger charge is 2.27. The van der Waals surface area contributed by atoms with Crippen molar-refractivity contribution in [2.75, 3.05) is 18.4 Å².